The molecule has 1 aromatic heterocycles. The Morgan fingerprint density at radius 3 is 2.43 bits per heavy atom. The number of pyridine rings is 1. The van der Waals surface area contributed by atoms with E-state index in [1.165, 1.54) is 20.5 Å². The van der Waals surface area contributed by atoms with Crippen LogP contribution in [0.25, 0.3) is 10.9 Å². The fourth-order valence-corrected chi connectivity index (χ4v) is 6.88. The number of nitrogens with zero attached hydrogens (tertiary/aromatic N) is 1. The summed E-state index contributed by atoms with van der Waals surface area (Å²) in [5.41, 5.74) is 1.17. The Kier molecular flexibility index (Phi) is 7.41. The first kappa shape index (κ1) is 20.8. The molecule has 1 nitrogen and oxygen atoms in total. The molecule has 1 aliphatic carbocycles. The van der Waals surface area contributed by atoms with Gasteiger partial charge in [0, 0.05) is 0 Å². The number of aromatic nitrogens is 1. The van der Waals surface area contributed by atoms with Gasteiger partial charge in [0.25, 0.3) is 0 Å². The van der Waals surface area contributed by atoms with E-state index in [2.05, 4.69) is 60.3 Å². The van der Waals surface area contributed by atoms with Crippen molar-refractivity contribution in [2.75, 3.05) is 0 Å². The molecule has 1 heterocycles. The number of allylic oxidation sites excluding steroid dienone is 4. The molecule has 0 fully saturated rings. The zero-order valence-corrected chi connectivity index (χ0v) is 18.0. The van der Waals surface area contributed by atoms with Gasteiger partial charge in [0.15, 0.2) is 0 Å². The molecule has 0 spiro atoms. The normalized spacial score (nSPS) is 14.1. The Morgan fingerprint density at radius 2 is 1.78 bits per heavy atom. The molecule has 0 unspecified atom stereocenters. The summed E-state index contributed by atoms with van der Waals surface area (Å²) in [5, 5.41) is 2.70. The summed E-state index contributed by atoms with van der Waals surface area (Å²) in [4.78, 5) is 4.61. The summed E-state index contributed by atoms with van der Waals surface area (Å²) < 4.78 is 3.01. The maximum absolute atomic E-state index is 6.59. The number of para-hydroxylation sites is 1. The second-order valence-corrected chi connectivity index (χ2v) is 15.3. The van der Waals surface area contributed by atoms with Crippen molar-refractivity contribution in [3.05, 3.63) is 58.3 Å². The molecule has 0 amide bonds. The average Bonchev–Trinajstić information content (AvgIpc) is 2.96. The van der Waals surface area contributed by atoms with E-state index in [0.29, 0.717) is 0 Å². The topological polar surface area (TPSA) is 12.9 Å². The quantitative estimate of drug-likeness (QED) is 0.463. The molecule has 1 aliphatic rings. The van der Waals surface area contributed by atoms with Gasteiger partial charge in [-0.3, -0.25) is 0 Å². The molecular formula is C17H21Cl3CrNSi. The van der Waals surface area contributed by atoms with Crippen LogP contribution in [0.3, 0.4) is 0 Å². The van der Waals surface area contributed by atoms with Crippen molar-refractivity contribution in [3.8, 4) is 0 Å². The SMILES string of the molecule is Cl.Cl.[CH3][Cr]([C]1=CC=C([Si](C)(C)Cl)C1)[c]1cccc2cccnc12. The number of hydrogen-bond acceptors (Lipinski definition) is 1. The Labute approximate surface area is 160 Å². The van der Waals surface area contributed by atoms with Gasteiger partial charge in [-0.15, -0.1) is 24.8 Å². The first-order valence-electron chi connectivity index (χ1n) is 7.05. The molecule has 0 saturated carbocycles. The first-order valence-corrected chi connectivity index (χ1v) is 13.6. The predicted molar refractivity (Wildman–Crippen MR) is 106 cm³/mol. The van der Waals surface area contributed by atoms with E-state index in [9.17, 15) is 0 Å². The first-order chi connectivity index (χ1) is 9.97. The van der Waals surface area contributed by atoms with Crippen LogP contribution in [0.15, 0.2) is 58.3 Å². The van der Waals surface area contributed by atoms with Gasteiger partial charge in [-0.1, -0.05) is 0 Å². The third-order valence-corrected chi connectivity index (χ3v) is 9.73. The van der Waals surface area contributed by atoms with Crippen molar-refractivity contribution in [2.45, 2.75) is 25.3 Å². The van der Waals surface area contributed by atoms with Gasteiger partial charge in [-0.25, -0.2) is 0 Å². The fourth-order valence-electron chi connectivity index (χ4n) is 2.58. The van der Waals surface area contributed by atoms with Crippen molar-refractivity contribution >= 4 is 58.6 Å². The molecule has 3 rings (SSSR count). The van der Waals surface area contributed by atoms with E-state index >= 15 is 0 Å². The second kappa shape index (κ2) is 8.21. The van der Waals surface area contributed by atoms with E-state index in [4.69, 9.17) is 11.1 Å². The molecule has 1 aromatic carbocycles. The molecular weight excluding hydrogens is 405 g/mol. The number of rotatable bonds is 3. The van der Waals surface area contributed by atoms with Crippen LogP contribution in [0, 0.1) is 0 Å². The van der Waals surface area contributed by atoms with Gasteiger partial charge in [-0.2, -0.15) is 0 Å². The summed E-state index contributed by atoms with van der Waals surface area (Å²) in [6.07, 6.45) is 7.56. The van der Waals surface area contributed by atoms with Crippen molar-refractivity contribution in [1.29, 1.82) is 0 Å². The van der Waals surface area contributed by atoms with Crippen LogP contribution in [0.4, 0.5) is 0 Å². The van der Waals surface area contributed by atoms with Gasteiger partial charge in [0.1, 0.15) is 0 Å². The van der Waals surface area contributed by atoms with Gasteiger partial charge >= 0.3 is 137 Å². The van der Waals surface area contributed by atoms with Crippen molar-refractivity contribution in [1.82, 2.24) is 4.98 Å². The number of fused-ring (bicyclic) bond motifs is 1. The van der Waals surface area contributed by atoms with Gasteiger partial charge in [0.2, 0.25) is 0 Å². The van der Waals surface area contributed by atoms with E-state index in [-0.39, 0.29) is 24.8 Å². The molecule has 125 valence electrons. The Balaban J connectivity index is 0.00000132. The monoisotopic (exact) mass is 424 g/mol. The molecule has 0 saturated heterocycles. The summed E-state index contributed by atoms with van der Waals surface area (Å²) >= 11 is 5.58. The number of benzene rings is 1. The van der Waals surface area contributed by atoms with Crippen LogP contribution < -0.4 is 4.43 Å². The van der Waals surface area contributed by atoms with Crippen LogP contribution in [-0.4, -0.2) is 12.4 Å². The molecule has 0 atom stereocenters. The Morgan fingerprint density at radius 1 is 1.09 bits per heavy atom. The molecule has 0 radical (unpaired) electrons. The molecule has 0 aliphatic heterocycles. The fraction of sp³-hybridized carbons (Fsp3) is 0.235. The Hall–Kier alpha value is -0.271. The molecule has 0 bridgehead atoms. The van der Waals surface area contributed by atoms with Crippen LogP contribution in [0.1, 0.15) is 6.42 Å². The van der Waals surface area contributed by atoms with Crippen molar-refractivity contribution < 1.29 is 14.1 Å². The van der Waals surface area contributed by atoms with E-state index in [1.54, 1.807) is 4.44 Å². The minimum absolute atomic E-state index is 0. The van der Waals surface area contributed by atoms with Crippen LogP contribution in [0.2, 0.25) is 18.9 Å². The number of hydrogen-bond donors (Lipinski definition) is 0. The van der Waals surface area contributed by atoms with Crippen molar-refractivity contribution in [3.63, 3.8) is 0 Å². The van der Waals surface area contributed by atoms with E-state index in [1.807, 2.05) is 12.3 Å². The van der Waals surface area contributed by atoms with Gasteiger partial charge < -0.3 is 0 Å². The van der Waals surface area contributed by atoms with Gasteiger partial charge in [0.05, 0.1) is 0 Å². The van der Waals surface area contributed by atoms with Crippen molar-refractivity contribution in [2.24, 2.45) is 0 Å². The summed E-state index contributed by atoms with van der Waals surface area (Å²) in [6, 6.07) is 10.7. The third kappa shape index (κ3) is 4.42. The molecule has 6 heteroatoms. The second-order valence-electron chi connectivity index (χ2n) is 5.82. The van der Waals surface area contributed by atoms with E-state index < -0.39 is 21.5 Å². The van der Waals surface area contributed by atoms with Crippen LogP contribution >= 0.6 is 35.9 Å². The van der Waals surface area contributed by atoms with Crippen LogP contribution in [0.5, 0.6) is 0 Å². The molecule has 0 N–H and O–H groups in total. The zero-order valence-electron chi connectivity index (χ0n) is 13.4. The van der Waals surface area contributed by atoms with E-state index in [0.717, 1.165) is 6.42 Å². The van der Waals surface area contributed by atoms with Gasteiger partial charge in [-0.05, 0) is 0 Å². The summed E-state index contributed by atoms with van der Waals surface area (Å²) in [5.74, 6) is 2.40. The zero-order chi connectivity index (χ0) is 15.0. The minimum atomic E-state index is -1.68. The summed E-state index contributed by atoms with van der Waals surface area (Å²) in [6.45, 7) is 4.42. The Bertz CT molecular complexity index is 748. The molecule has 2 aromatic rings. The third-order valence-electron chi connectivity index (χ3n) is 3.92. The van der Waals surface area contributed by atoms with Crippen LogP contribution in [-0.2, 0) is 14.1 Å². The molecule has 23 heavy (non-hydrogen) atoms. The standard InChI is InChI=1S/C9H6N.C7H10ClSi.CH3.2ClH.Cr/c1-2-6-9-8(4-1)5-3-7-10-9;1-9(2,8)7-5-3-4-6-7;;;;/h1-5,7H;3,5H,6H2,1-2H3;1H3;2*1H;. The number of halogens is 3. The summed E-state index contributed by atoms with van der Waals surface area (Å²) in [7, 11) is -1.68. The maximum atomic E-state index is 6.59. The average molecular weight is 426 g/mol. The predicted octanol–water partition coefficient (Wildman–Crippen LogP) is 5.57.